The summed E-state index contributed by atoms with van der Waals surface area (Å²) in [4.78, 5) is 26.9. The van der Waals surface area contributed by atoms with E-state index in [2.05, 4.69) is 0 Å². The van der Waals surface area contributed by atoms with Crippen LogP contribution in [0.1, 0.15) is 30.9 Å². The zero-order chi connectivity index (χ0) is 14.5. The number of fused-ring (bicyclic) bond motifs is 1. The van der Waals surface area contributed by atoms with Gasteiger partial charge in [0.25, 0.3) is 0 Å². The van der Waals surface area contributed by atoms with Crippen LogP contribution < -0.4 is 4.90 Å². The summed E-state index contributed by atoms with van der Waals surface area (Å²) in [7, 11) is 0. The van der Waals surface area contributed by atoms with Crippen molar-refractivity contribution in [3.63, 3.8) is 0 Å². The molecule has 20 heavy (non-hydrogen) atoms. The van der Waals surface area contributed by atoms with E-state index < -0.39 is 5.41 Å². The maximum absolute atomic E-state index is 12.8. The first kappa shape index (κ1) is 13.1. The van der Waals surface area contributed by atoms with Crippen molar-refractivity contribution in [3.05, 3.63) is 41.5 Å². The third kappa shape index (κ3) is 1.65. The molecule has 0 radical (unpaired) electrons. The topological polar surface area (TPSA) is 37.4 Å². The Hall–Kier alpha value is -1.90. The summed E-state index contributed by atoms with van der Waals surface area (Å²) in [5.41, 5.74) is 2.20. The molecule has 1 fully saturated rings. The molecule has 3 heteroatoms. The number of allylic oxidation sites excluding steroid dienone is 2. The van der Waals surface area contributed by atoms with Gasteiger partial charge in [0.05, 0.1) is 17.0 Å². The second kappa shape index (κ2) is 4.30. The maximum Gasteiger partial charge on any atom is 0.240 e. The molecule has 1 heterocycles. The lowest BCUT2D eigenvalue weighted by Gasteiger charge is -2.28. The molecule has 1 saturated heterocycles. The summed E-state index contributed by atoms with van der Waals surface area (Å²) in [5, 5.41) is 0. The SMILES string of the molecule is Cc1ccc(C)c(N2C(=O)C3CC=CCC3(C)C2=O)c1. The van der Waals surface area contributed by atoms with E-state index in [0.717, 1.165) is 16.8 Å². The Bertz CT molecular complexity index is 632. The Morgan fingerprint density at radius 1 is 1.20 bits per heavy atom. The molecule has 2 amide bonds. The number of imide groups is 1. The van der Waals surface area contributed by atoms with Crippen molar-refractivity contribution in [2.75, 3.05) is 4.90 Å². The Balaban J connectivity index is 2.10. The number of aryl methyl sites for hydroxylation is 2. The number of hydrogen-bond donors (Lipinski definition) is 0. The first-order valence-electron chi connectivity index (χ1n) is 7.06. The minimum atomic E-state index is -0.567. The highest BCUT2D eigenvalue weighted by atomic mass is 16.2. The molecule has 1 aromatic rings. The number of benzene rings is 1. The van der Waals surface area contributed by atoms with Gasteiger partial charge in [0.15, 0.2) is 0 Å². The van der Waals surface area contributed by atoms with E-state index in [1.54, 1.807) is 0 Å². The van der Waals surface area contributed by atoms with Gasteiger partial charge in [-0.1, -0.05) is 24.3 Å². The number of anilines is 1. The summed E-state index contributed by atoms with van der Waals surface area (Å²) in [6, 6.07) is 5.90. The highest BCUT2D eigenvalue weighted by Gasteiger charge is 2.56. The van der Waals surface area contributed by atoms with Crippen LogP contribution in [0.3, 0.4) is 0 Å². The fourth-order valence-corrected chi connectivity index (χ4v) is 3.27. The van der Waals surface area contributed by atoms with Crippen molar-refractivity contribution in [1.29, 1.82) is 0 Å². The highest BCUT2D eigenvalue weighted by Crippen LogP contribution is 2.47. The fourth-order valence-electron chi connectivity index (χ4n) is 3.27. The molecule has 3 rings (SSSR count). The molecule has 2 aliphatic rings. The predicted octanol–water partition coefficient (Wildman–Crippen LogP) is 3.15. The molecule has 104 valence electrons. The van der Waals surface area contributed by atoms with Gasteiger partial charge in [-0.15, -0.1) is 0 Å². The third-order valence-electron chi connectivity index (χ3n) is 4.67. The van der Waals surface area contributed by atoms with Crippen LogP contribution in [0.4, 0.5) is 5.69 Å². The summed E-state index contributed by atoms with van der Waals surface area (Å²) in [5.74, 6) is -0.305. The van der Waals surface area contributed by atoms with E-state index in [1.807, 2.05) is 51.1 Å². The summed E-state index contributed by atoms with van der Waals surface area (Å²) < 4.78 is 0. The number of amides is 2. The largest absolute Gasteiger partial charge is 0.274 e. The lowest BCUT2D eigenvalue weighted by atomic mass is 9.72. The molecule has 0 N–H and O–H groups in total. The lowest BCUT2D eigenvalue weighted by molar-refractivity contribution is -0.126. The van der Waals surface area contributed by atoms with E-state index in [0.29, 0.717) is 12.8 Å². The van der Waals surface area contributed by atoms with Gasteiger partial charge in [0.1, 0.15) is 0 Å². The number of nitrogens with zero attached hydrogens (tertiary/aromatic N) is 1. The van der Waals surface area contributed by atoms with Gasteiger partial charge in [-0.25, -0.2) is 4.90 Å². The van der Waals surface area contributed by atoms with Crippen molar-refractivity contribution in [1.82, 2.24) is 0 Å². The Labute approximate surface area is 119 Å². The summed E-state index contributed by atoms with van der Waals surface area (Å²) in [6.45, 7) is 5.84. The van der Waals surface area contributed by atoms with Crippen molar-refractivity contribution >= 4 is 17.5 Å². The van der Waals surface area contributed by atoms with Crippen LogP contribution >= 0.6 is 0 Å². The van der Waals surface area contributed by atoms with Gasteiger partial charge in [-0.3, -0.25) is 9.59 Å². The molecule has 0 bridgehead atoms. The Morgan fingerprint density at radius 2 is 1.95 bits per heavy atom. The second-order valence-electron chi connectivity index (χ2n) is 6.15. The molecule has 1 aliphatic carbocycles. The number of hydrogen-bond acceptors (Lipinski definition) is 2. The molecular formula is C17H19NO2. The highest BCUT2D eigenvalue weighted by molar-refractivity contribution is 6.24. The van der Waals surface area contributed by atoms with Gasteiger partial charge in [-0.2, -0.15) is 0 Å². The smallest absolute Gasteiger partial charge is 0.240 e. The van der Waals surface area contributed by atoms with E-state index in [1.165, 1.54) is 4.90 Å². The van der Waals surface area contributed by atoms with Gasteiger partial charge in [0, 0.05) is 0 Å². The third-order valence-corrected chi connectivity index (χ3v) is 4.67. The molecule has 2 atom stereocenters. The molecule has 1 aromatic carbocycles. The average Bonchev–Trinajstić information content (AvgIpc) is 2.61. The van der Waals surface area contributed by atoms with E-state index in [4.69, 9.17) is 0 Å². The standard InChI is InChI=1S/C17H19NO2/c1-11-7-8-12(2)14(10-11)18-15(19)13-6-4-5-9-17(13,3)16(18)20/h4-5,7-8,10,13H,6,9H2,1-3H3. The van der Waals surface area contributed by atoms with Crippen LogP contribution in [0, 0.1) is 25.2 Å². The van der Waals surface area contributed by atoms with Crippen molar-refractivity contribution in [3.8, 4) is 0 Å². The van der Waals surface area contributed by atoms with Gasteiger partial charge < -0.3 is 0 Å². The number of carbonyl (C=O) groups excluding carboxylic acids is 2. The fraction of sp³-hybridized carbons (Fsp3) is 0.412. The van der Waals surface area contributed by atoms with E-state index in [-0.39, 0.29) is 17.7 Å². The molecule has 1 aliphatic heterocycles. The molecular weight excluding hydrogens is 250 g/mol. The molecule has 0 saturated carbocycles. The predicted molar refractivity (Wildman–Crippen MR) is 78.4 cm³/mol. The van der Waals surface area contributed by atoms with Crippen molar-refractivity contribution < 1.29 is 9.59 Å². The van der Waals surface area contributed by atoms with Crippen molar-refractivity contribution in [2.45, 2.75) is 33.6 Å². The summed E-state index contributed by atoms with van der Waals surface area (Å²) in [6.07, 6.45) is 5.37. The van der Waals surface area contributed by atoms with Crippen LogP contribution in [-0.2, 0) is 9.59 Å². The van der Waals surface area contributed by atoms with Gasteiger partial charge in [0.2, 0.25) is 11.8 Å². The molecule has 0 spiro atoms. The first-order valence-corrected chi connectivity index (χ1v) is 7.06. The Morgan fingerprint density at radius 3 is 2.65 bits per heavy atom. The number of rotatable bonds is 1. The molecule has 2 unspecified atom stereocenters. The minimum Gasteiger partial charge on any atom is -0.274 e. The summed E-state index contributed by atoms with van der Waals surface area (Å²) >= 11 is 0. The lowest BCUT2D eigenvalue weighted by Crippen LogP contribution is -2.35. The average molecular weight is 269 g/mol. The van der Waals surface area contributed by atoms with Gasteiger partial charge in [-0.05, 0) is 50.8 Å². The molecule has 0 aromatic heterocycles. The normalized spacial score (nSPS) is 28.9. The quantitative estimate of drug-likeness (QED) is 0.580. The maximum atomic E-state index is 12.8. The van der Waals surface area contributed by atoms with Crippen LogP contribution in [-0.4, -0.2) is 11.8 Å². The van der Waals surface area contributed by atoms with Crippen LogP contribution in [0.15, 0.2) is 30.4 Å². The second-order valence-corrected chi connectivity index (χ2v) is 6.15. The number of carbonyl (C=O) groups is 2. The molecule has 3 nitrogen and oxygen atoms in total. The van der Waals surface area contributed by atoms with E-state index in [9.17, 15) is 9.59 Å². The Kier molecular flexibility index (Phi) is 2.82. The van der Waals surface area contributed by atoms with Gasteiger partial charge >= 0.3 is 0 Å². The van der Waals surface area contributed by atoms with Crippen LogP contribution in [0.5, 0.6) is 0 Å². The van der Waals surface area contributed by atoms with Crippen LogP contribution in [0.25, 0.3) is 0 Å². The first-order chi connectivity index (χ1) is 9.45. The monoisotopic (exact) mass is 269 g/mol. The van der Waals surface area contributed by atoms with E-state index >= 15 is 0 Å². The zero-order valence-corrected chi connectivity index (χ0v) is 12.1. The van der Waals surface area contributed by atoms with Crippen LogP contribution in [0.2, 0.25) is 0 Å². The van der Waals surface area contributed by atoms with Crippen molar-refractivity contribution in [2.24, 2.45) is 11.3 Å². The minimum absolute atomic E-state index is 0.0458. The zero-order valence-electron chi connectivity index (χ0n) is 12.1.